The molecule has 2 amide bonds. The second-order valence-corrected chi connectivity index (χ2v) is 16.5. The second-order valence-electron chi connectivity index (χ2n) is 6.00. The predicted molar refractivity (Wildman–Crippen MR) is 128 cm³/mol. The van der Waals surface area contributed by atoms with Gasteiger partial charge in [-0.2, -0.15) is 0 Å². The van der Waals surface area contributed by atoms with Gasteiger partial charge in [-0.1, -0.05) is 0 Å². The van der Waals surface area contributed by atoms with E-state index in [1.807, 2.05) is 13.0 Å². The number of rotatable bonds is 7. The first-order chi connectivity index (χ1) is 11.4. The number of aryl methyl sites for hydroxylation is 1. The van der Waals surface area contributed by atoms with Crippen molar-refractivity contribution in [2.45, 2.75) is 29.0 Å². The molecule has 140 valence electrons. The highest BCUT2D eigenvalue weighted by molar-refractivity contribution is 7.57. The van der Waals surface area contributed by atoms with Crippen LogP contribution in [0, 0.1) is 6.92 Å². The number of anilines is 2. The summed E-state index contributed by atoms with van der Waals surface area (Å²) in [6, 6.07) is 5.31. The molecule has 0 heterocycles. The van der Waals surface area contributed by atoms with Gasteiger partial charge in [0, 0.05) is 27.1 Å². The van der Waals surface area contributed by atoms with Crippen molar-refractivity contribution in [1.29, 1.82) is 0 Å². The SMILES string of the molecule is Cc1cc(NC(=O)CCC(P)(P)P)ccc1NC(=O)OCC(P)(P)P. The Labute approximate surface area is 163 Å². The standard InChI is InChI=1S/C14H26N2O3P6/c1-8-6-9(15-11(17)4-5-13(20,21)22)2-3-10(8)16-12(18)19-7-14(23,24)25/h2-3,6H,4-5,7,20-25H2,1H3,(H,15,17)(H,16,18). The van der Waals surface area contributed by atoms with Crippen molar-refractivity contribution in [3.8, 4) is 0 Å². The molecule has 0 aliphatic carbocycles. The Morgan fingerprint density at radius 3 is 2.20 bits per heavy atom. The number of amides is 2. The molecule has 0 spiro atoms. The van der Waals surface area contributed by atoms with E-state index in [4.69, 9.17) is 4.74 Å². The fourth-order valence-electron chi connectivity index (χ4n) is 1.77. The topological polar surface area (TPSA) is 67.4 Å². The van der Waals surface area contributed by atoms with E-state index in [0.29, 0.717) is 24.2 Å². The van der Waals surface area contributed by atoms with E-state index in [9.17, 15) is 9.59 Å². The van der Waals surface area contributed by atoms with Crippen LogP contribution < -0.4 is 10.6 Å². The number of hydrogen-bond donors (Lipinski definition) is 2. The second kappa shape index (κ2) is 10.2. The van der Waals surface area contributed by atoms with E-state index < -0.39 is 6.09 Å². The molecule has 0 aromatic heterocycles. The first-order valence-corrected chi connectivity index (χ1v) is 10.9. The Morgan fingerprint density at radius 2 is 1.68 bits per heavy atom. The van der Waals surface area contributed by atoms with Crippen LogP contribution >= 0.6 is 55.4 Å². The predicted octanol–water partition coefficient (Wildman–Crippen LogP) is 3.82. The molecule has 2 N–H and O–H groups in total. The average molecular weight is 456 g/mol. The summed E-state index contributed by atoms with van der Waals surface area (Å²) in [6.45, 7) is 2.09. The molecule has 1 aromatic carbocycles. The highest BCUT2D eigenvalue weighted by atomic mass is 31.1. The van der Waals surface area contributed by atoms with Crippen molar-refractivity contribution in [2.75, 3.05) is 17.2 Å². The van der Waals surface area contributed by atoms with Crippen molar-refractivity contribution >= 4 is 78.8 Å². The van der Waals surface area contributed by atoms with Gasteiger partial charge in [0.05, 0.1) is 0 Å². The molecule has 25 heavy (non-hydrogen) atoms. The van der Waals surface area contributed by atoms with Crippen molar-refractivity contribution in [2.24, 2.45) is 0 Å². The Hall–Kier alpha value is 0.540. The minimum absolute atomic E-state index is 0.0473. The lowest BCUT2D eigenvalue weighted by Crippen LogP contribution is -2.20. The Bertz CT molecular complexity index is 628. The fourth-order valence-corrected chi connectivity index (χ4v) is 2.45. The van der Waals surface area contributed by atoms with E-state index in [1.54, 1.807) is 12.1 Å². The van der Waals surface area contributed by atoms with Crippen LogP contribution in [-0.2, 0) is 9.53 Å². The fraction of sp³-hybridized carbons (Fsp3) is 0.429. The smallest absolute Gasteiger partial charge is 0.411 e. The van der Waals surface area contributed by atoms with Crippen LogP contribution in [0.2, 0.25) is 0 Å². The average Bonchev–Trinajstić information content (AvgIpc) is 2.44. The molecule has 0 aliphatic rings. The van der Waals surface area contributed by atoms with E-state index >= 15 is 0 Å². The maximum Gasteiger partial charge on any atom is 0.411 e. The van der Waals surface area contributed by atoms with Crippen molar-refractivity contribution in [3.63, 3.8) is 0 Å². The lowest BCUT2D eigenvalue weighted by atomic mass is 10.1. The molecular weight excluding hydrogens is 430 g/mol. The number of ether oxygens (including phenoxy) is 1. The summed E-state index contributed by atoms with van der Waals surface area (Å²) in [5.41, 5.74) is 2.17. The first kappa shape index (κ1) is 23.6. The molecule has 1 aromatic rings. The minimum atomic E-state index is -0.519. The molecule has 0 saturated carbocycles. The van der Waals surface area contributed by atoms with Crippen LogP contribution in [0.25, 0.3) is 0 Å². The van der Waals surface area contributed by atoms with E-state index in [-0.39, 0.29) is 21.8 Å². The van der Waals surface area contributed by atoms with E-state index in [0.717, 1.165) is 5.56 Å². The van der Waals surface area contributed by atoms with Crippen molar-refractivity contribution in [3.05, 3.63) is 23.8 Å². The summed E-state index contributed by atoms with van der Waals surface area (Å²) < 4.78 is 4.68. The quantitative estimate of drug-likeness (QED) is 0.614. The van der Waals surface area contributed by atoms with Gasteiger partial charge in [0.1, 0.15) is 6.61 Å². The van der Waals surface area contributed by atoms with Gasteiger partial charge in [-0.25, -0.2) is 4.79 Å². The number of nitrogens with one attached hydrogen (secondary N) is 2. The van der Waals surface area contributed by atoms with Gasteiger partial charge in [-0.15, -0.1) is 55.4 Å². The summed E-state index contributed by atoms with van der Waals surface area (Å²) >= 11 is 0. The highest BCUT2D eigenvalue weighted by Gasteiger charge is 2.16. The van der Waals surface area contributed by atoms with Crippen LogP contribution in [0.4, 0.5) is 16.2 Å². The van der Waals surface area contributed by atoms with Gasteiger partial charge < -0.3 is 10.1 Å². The molecule has 6 atom stereocenters. The van der Waals surface area contributed by atoms with Gasteiger partial charge in [0.25, 0.3) is 0 Å². The number of carbonyl (C=O) groups is 2. The zero-order chi connectivity index (χ0) is 19.3. The maximum absolute atomic E-state index is 12.0. The number of carbonyl (C=O) groups excluding carboxylic acids is 2. The molecule has 11 heteroatoms. The summed E-state index contributed by atoms with van der Waals surface area (Å²) in [4.78, 5) is 23.8. The molecular formula is C14H26N2O3P6. The molecule has 0 radical (unpaired) electrons. The van der Waals surface area contributed by atoms with Gasteiger partial charge in [0.2, 0.25) is 5.91 Å². The Morgan fingerprint density at radius 1 is 1.04 bits per heavy atom. The number of benzene rings is 1. The van der Waals surface area contributed by atoms with Gasteiger partial charge in [0.15, 0.2) is 0 Å². The van der Waals surface area contributed by atoms with Crippen LogP contribution in [0.3, 0.4) is 0 Å². The van der Waals surface area contributed by atoms with Gasteiger partial charge in [-0.05, 0) is 37.1 Å². The monoisotopic (exact) mass is 456 g/mol. The Balaban J connectivity index is 2.59. The molecule has 0 saturated heterocycles. The van der Waals surface area contributed by atoms with Crippen LogP contribution in [-0.4, -0.2) is 27.9 Å². The van der Waals surface area contributed by atoms with E-state index in [2.05, 4.69) is 66.1 Å². The van der Waals surface area contributed by atoms with Crippen LogP contribution in [0.1, 0.15) is 18.4 Å². The van der Waals surface area contributed by atoms with Crippen molar-refractivity contribution in [1.82, 2.24) is 0 Å². The lowest BCUT2D eigenvalue weighted by molar-refractivity contribution is -0.116. The number of hydrogen-bond acceptors (Lipinski definition) is 3. The minimum Gasteiger partial charge on any atom is -0.448 e. The molecule has 6 unspecified atom stereocenters. The van der Waals surface area contributed by atoms with E-state index in [1.165, 1.54) is 0 Å². The van der Waals surface area contributed by atoms with Gasteiger partial charge in [-0.3, -0.25) is 10.1 Å². The molecule has 0 fully saturated rings. The van der Waals surface area contributed by atoms with Crippen LogP contribution in [0.5, 0.6) is 0 Å². The highest BCUT2D eigenvalue weighted by Crippen LogP contribution is 2.38. The third-order valence-corrected chi connectivity index (χ3v) is 4.35. The first-order valence-electron chi connectivity index (χ1n) is 7.43. The summed E-state index contributed by atoms with van der Waals surface area (Å²) in [6.07, 6.45) is 0.614. The molecule has 0 bridgehead atoms. The summed E-state index contributed by atoms with van der Waals surface area (Å²) in [5, 5.41) is 5.56. The molecule has 1 rings (SSSR count). The summed E-state index contributed by atoms with van der Waals surface area (Å²) in [7, 11) is 15.7. The molecule has 5 nitrogen and oxygen atoms in total. The summed E-state index contributed by atoms with van der Waals surface area (Å²) in [5.74, 6) is -0.0473. The normalized spacial score (nSPS) is 11.8. The Kier molecular flexibility index (Phi) is 9.61. The van der Waals surface area contributed by atoms with Crippen molar-refractivity contribution < 1.29 is 14.3 Å². The third-order valence-electron chi connectivity index (χ3n) is 2.99. The lowest BCUT2D eigenvalue weighted by Gasteiger charge is -2.18. The largest absolute Gasteiger partial charge is 0.448 e. The zero-order valence-electron chi connectivity index (χ0n) is 14.0. The third kappa shape index (κ3) is 11.1. The van der Waals surface area contributed by atoms with Gasteiger partial charge >= 0.3 is 6.09 Å². The molecule has 0 aliphatic heterocycles. The zero-order valence-corrected chi connectivity index (χ0v) is 21.0. The van der Waals surface area contributed by atoms with Crippen LogP contribution in [0.15, 0.2) is 18.2 Å². The maximum atomic E-state index is 12.0.